The van der Waals surface area contributed by atoms with Crippen molar-refractivity contribution >= 4 is 54.5 Å². The highest BCUT2D eigenvalue weighted by atomic mass is 15.1. The van der Waals surface area contributed by atoms with Crippen molar-refractivity contribution in [3.63, 3.8) is 0 Å². The summed E-state index contributed by atoms with van der Waals surface area (Å²) >= 11 is 0. The van der Waals surface area contributed by atoms with Crippen LogP contribution < -0.4 is 9.80 Å². The highest BCUT2D eigenvalue weighted by molar-refractivity contribution is 5.99. The van der Waals surface area contributed by atoms with Gasteiger partial charge in [0.1, 0.15) is 0 Å². The molecule has 0 atom stereocenters. The van der Waals surface area contributed by atoms with Gasteiger partial charge < -0.3 is 9.80 Å². The van der Waals surface area contributed by atoms with Gasteiger partial charge in [-0.15, -0.1) is 0 Å². The Hall–Kier alpha value is -5.60. The summed E-state index contributed by atoms with van der Waals surface area (Å²) in [5.41, 5.74) is 15.2. The summed E-state index contributed by atoms with van der Waals surface area (Å²) in [4.78, 5) is 5.21. The van der Waals surface area contributed by atoms with Gasteiger partial charge in [-0.05, 0) is 189 Å². The van der Waals surface area contributed by atoms with E-state index in [0.717, 1.165) is 13.1 Å². The molecule has 0 radical (unpaired) electrons. The van der Waals surface area contributed by atoms with Gasteiger partial charge in [0, 0.05) is 44.0 Å². The zero-order valence-corrected chi connectivity index (χ0v) is 50.3. The van der Waals surface area contributed by atoms with Crippen molar-refractivity contribution < 1.29 is 0 Å². The molecular weight excluding hydrogens is 953 g/mol. The first-order chi connectivity index (χ1) is 38.7. The van der Waals surface area contributed by atoms with E-state index in [-0.39, 0.29) is 5.41 Å². The summed E-state index contributed by atoms with van der Waals surface area (Å²) in [5.74, 6) is 0. The molecule has 1 aliphatic carbocycles. The maximum atomic E-state index is 2.69. The molecule has 1 aliphatic rings. The van der Waals surface area contributed by atoms with Gasteiger partial charge in [-0.2, -0.15) is 0 Å². The van der Waals surface area contributed by atoms with Gasteiger partial charge in [0.05, 0.1) is 0 Å². The molecule has 0 N–H and O–H groups in total. The van der Waals surface area contributed by atoms with E-state index in [1.54, 1.807) is 11.1 Å². The SMILES string of the molecule is CCCCCCCCC1(CCCCCCCC)c2cc(C)c(N(C)CCCCCCCCc3ccc4cc5ccccc5cc4c3)cc2-c2cc(N(C)CCCCCCCCc3ccc4cc5ccccc5cc4c3)c(C)cc21. The van der Waals surface area contributed by atoms with Crippen LogP contribution in [-0.2, 0) is 18.3 Å². The van der Waals surface area contributed by atoms with Crippen molar-refractivity contribution in [3.05, 3.63) is 167 Å². The first kappa shape index (κ1) is 58.1. The minimum Gasteiger partial charge on any atom is -0.374 e. The minimum atomic E-state index is 0.0935. The van der Waals surface area contributed by atoms with E-state index in [0.29, 0.717) is 0 Å². The molecule has 0 unspecified atom stereocenters. The van der Waals surface area contributed by atoms with Crippen LogP contribution in [0.25, 0.3) is 54.2 Å². The molecule has 418 valence electrons. The van der Waals surface area contributed by atoms with Crippen LogP contribution in [0.3, 0.4) is 0 Å². The molecule has 0 amide bonds. The van der Waals surface area contributed by atoms with Gasteiger partial charge in [-0.1, -0.05) is 239 Å². The molecule has 9 rings (SSSR count). The van der Waals surface area contributed by atoms with Crippen molar-refractivity contribution in [1.29, 1.82) is 0 Å². The maximum absolute atomic E-state index is 2.69. The van der Waals surface area contributed by atoms with Crippen LogP contribution in [0.2, 0.25) is 0 Å². The molecule has 2 heteroatoms. The normalized spacial score (nSPS) is 12.8. The van der Waals surface area contributed by atoms with Crippen molar-refractivity contribution in [2.75, 3.05) is 37.0 Å². The van der Waals surface area contributed by atoms with E-state index < -0.39 is 0 Å². The Kier molecular flexibility index (Phi) is 21.5. The predicted octanol–water partition coefficient (Wildman–Crippen LogP) is 22.7. The minimum absolute atomic E-state index is 0.0935. The molecule has 0 saturated heterocycles. The lowest BCUT2D eigenvalue weighted by Gasteiger charge is -2.34. The van der Waals surface area contributed by atoms with Gasteiger partial charge >= 0.3 is 0 Å². The smallest absolute Gasteiger partial charge is 0.0399 e. The predicted molar refractivity (Wildman–Crippen MR) is 350 cm³/mol. The summed E-state index contributed by atoms with van der Waals surface area (Å²) in [6.45, 7) is 11.8. The Labute approximate surface area is 479 Å². The number of unbranched alkanes of at least 4 members (excludes halogenated alkanes) is 20. The number of hydrogen-bond acceptors (Lipinski definition) is 2. The van der Waals surface area contributed by atoms with Crippen LogP contribution in [0.5, 0.6) is 0 Å². The number of fused-ring (bicyclic) bond motifs is 7. The largest absolute Gasteiger partial charge is 0.374 e. The van der Waals surface area contributed by atoms with E-state index in [4.69, 9.17) is 0 Å². The molecule has 0 spiro atoms. The van der Waals surface area contributed by atoms with E-state index in [1.165, 1.54) is 268 Å². The summed E-state index contributed by atoms with van der Waals surface area (Å²) < 4.78 is 0. The number of rotatable bonds is 34. The lowest BCUT2D eigenvalue weighted by atomic mass is 9.70. The zero-order chi connectivity index (χ0) is 54.8. The maximum Gasteiger partial charge on any atom is 0.0399 e. The fourth-order valence-electron chi connectivity index (χ4n) is 14.0. The fourth-order valence-corrected chi connectivity index (χ4v) is 14.0. The van der Waals surface area contributed by atoms with Gasteiger partial charge in [-0.25, -0.2) is 0 Å². The summed E-state index contributed by atoms with van der Waals surface area (Å²) in [6.07, 6.45) is 36.7. The average molecular weight is 1050 g/mol. The van der Waals surface area contributed by atoms with Gasteiger partial charge in [-0.3, -0.25) is 0 Å². The number of anilines is 2. The third-order valence-electron chi connectivity index (χ3n) is 18.7. The lowest BCUT2D eigenvalue weighted by molar-refractivity contribution is 0.397. The van der Waals surface area contributed by atoms with Crippen LogP contribution in [0.4, 0.5) is 11.4 Å². The average Bonchev–Trinajstić information content (AvgIpc) is 3.41. The fraction of sp³-hybridized carbons (Fsp3) is 0.481. The second-order valence-corrected chi connectivity index (χ2v) is 24.8. The Balaban J connectivity index is 0.816. The molecule has 0 fully saturated rings. The van der Waals surface area contributed by atoms with E-state index >= 15 is 0 Å². The molecule has 0 aromatic heterocycles. The Morgan fingerprint density at radius 3 is 1.04 bits per heavy atom. The third kappa shape index (κ3) is 15.1. The lowest BCUT2D eigenvalue weighted by Crippen LogP contribution is -2.27. The molecule has 0 bridgehead atoms. The summed E-state index contributed by atoms with van der Waals surface area (Å²) in [6, 6.07) is 51.8. The van der Waals surface area contributed by atoms with E-state index in [1.807, 2.05) is 0 Å². The zero-order valence-electron chi connectivity index (χ0n) is 50.3. The van der Waals surface area contributed by atoms with E-state index in [2.05, 4.69) is 185 Å². The van der Waals surface area contributed by atoms with Crippen molar-refractivity contribution in [3.8, 4) is 11.1 Å². The first-order valence-electron chi connectivity index (χ1n) is 32.3. The van der Waals surface area contributed by atoms with Crippen molar-refractivity contribution in [1.82, 2.24) is 0 Å². The number of hydrogen-bond donors (Lipinski definition) is 0. The summed E-state index contributed by atoms with van der Waals surface area (Å²) in [5, 5.41) is 10.8. The summed E-state index contributed by atoms with van der Waals surface area (Å²) in [7, 11) is 4.74. The Bertz CT molecular complexity index is 2980. The van der Waals surface area contributed by atoms with Gasteiger partial charge in [0.15, 0.2) is 0 Å². The van der Waals surface area contributed by atoms with Crippen molar-refractivity contribution in [2.45, 2.75) is 213 Å². The molecule has 8 aromatic rings. The molecular formula is C77H100N2. The highest BCUT2D eigenvalue weighted by Gasteiger charge is 2.43. The number of benzene rings is 8. The molecule has 79 heavy (non-hydrogen) atoms. The quantitative estimate of drug-likeness (QED) is 0.0293. The Morgan fingerprint density at radius 1 is 0.316 bits per heavy atom. The van der Waals surface area contributed by atoms with Gasteiger partial charge in [0.2, 0.25) is 0 Å². The Morgan fingerprint density at radius 2 is 0.646 bits per heavy atom. The van der Waals surface area contributed by atoms with Crippen LogP contribution in [0.1, 0.15) is 214 Å². The second-order valence-electron chi connectivity index (χ2n) is 24.8. The van der Waals surface area contributed by atoms with Gasteiger partial charge in [0.25, 0.3) is 0 Å². The van der Waals surface area contributed by atoms with E-state index in [9.17, 15) is 0 Å². The molecule has 0 heterocycles. The van der Waals surface area contributed by atoms with Crippen LogP contribution in [0, 0.1) is 13.8 Å². The number of aryl methyl sites for hydroxylation is 4. The highest BCUT2D eigenvalue weighted by Crippen LogP contribution is 2.57. The first-order valence-corrected chi connectivity index (χ1v) is 32.3. The third-order valence-corrected chi connectivity index (χ3v) is 18.7. The standard InChI is InChI=1S/C77H100N2/c1-7-9-11-13-21-31-45-77(46-32-22-14-12-10-8-2)73-49-59(3)75(78(5)47-33-23-17-15-19-25-35-61-41-43-67-53-63-37-27-29-39-65(63)55-69(67)51-61)57-71(73)72-58-76(60(4)50-74(72)77)79(6)48-34-24-18-16-20-26-36-62-42-44-68-54-64-38-28-30-40-66(64)56-70(68)52-62/h27-30,37-44,49-58H,7-26,31-36,45-48H2,1-6H3. The van der Waals surface area contributed by atoms with Crippen molar-refractivity contribution in [2.24, 2.45) is 0 Å². The molecule has 0 saturated carbocycles. The molecule has 0 aliphatic heterocycles. The van der Waals surface area contributed by atoms with Crippen LogP contribution in [0.15, 0.2) is 133 Å². The molecule has 2 nitrogen and oxygen atoms in total. The van der Waals surface area contributed by atoms with Crippen LogP contribution in [-0.4, -0.2) is 27.2 Å². The topological polar surface area (TPSA) is 6.48 Å². The number of nitrogens with zero attached hydrogens (tertiary/aromatic N) is 2. The molecule has 8 aromatic carbocycles. The second kappa shape index (κ2) is 29.2. The van der Waals surface area contributed by atoms with Crippen LogP contribution >= 0.6 is 0 Å². The monoisotopic (exact) mass is 1050 g/mol.